The minimum Gasteiger partial charge on any atom is -0.476 e. The largest absolute Gasteiger partial charge is 0.476 e. The van der Waals surface area contributed by atoms with Crippen molar-refractivity contribution in [2.75, 3.05) is 5.32 Å². The molecule has 2 rings (SSSR count). The minimum atomic E-state index is -1.10. The summed E-state index contributed by atoms with van der Waals surface area (Å²) in [6.07, 6.45) is 3.36. The molecular weight excluding hydrogens is 220 g/mol. The van der Waals surface area contributed by atoms with E-state index in [0.717, 1.165) is 11.3 Å². The van der Waals surface area contributed by atoms with Crippen LogP contribution in [0.5, 0.6) is 0 Å². The van der Waals surface area contributed by atoms with Gasteiger partial charge in [-0.15, -0.1) is 10.2 Å². The van der Waals surface area contributed by atoms with Crippen molar-refractivity contribution in [1.82, 2.24) is 15.2 Å². The Morgan fingerprint density at radius 2 is 2.12 bits per heavy atom. The van der Waals surface area contributed by atoms with E-state index in [1.54, 1.807) is 18.5 Å². The monoisotopic (exact) mass is 230 g/mol. The van der Waals surface area contributed by atoms with Crippen LogP contribution in [0, 0.1) is 6.92 Å². The Bertz CT molecular complexity index is 539. The van der Waals surface area contributed by atoms with Crippen molar-refractivity contribution in [3.05, 3.63) is 41.9 Å². The highest BCUT2D eigenvalue weighted by atomic mass is 16.4. The molecule has 2 heterocycles. The van der Waals surface area contributed by atoms with E-state index in [2.05, 4.69) is 20.5 Å². The van der Waals surface area contributed by atoms with Crippen molar-refractivity contribution in [2.45, 2.75) is 6.92 Å². The molecule has 2 aromatic heterocycles. The van der Waals surface area contributed by atoms with Crippen LogP contribution in [0.4, 0.5) is 11.5 Å². The van der Waals surface area contributed by atoms with Crippen LogP contribution in [-0.4, -0.2) is 26.3 Å². The van der Waals surface area contributed by atoms with Gasteiger partial charge in [0.15, 0.2) is 11.5 Å². The van der Waals surface area contributed by atoms with E-state index in [1.807, 2.05) is 13.0 Å². The van der Waals surface area contributed by atoms with Gasteiger partial charge in [0, 0.05) is 6.20 Å². The van der Waals surface area contributed by atoms with Gasteiger partial charge in [-0.05, 0) is 30.7 Å². The van der Waals surface area contributed by atoms with E-state index in [9.17, 15) is 4.79 Å². The van der Waals surface area contributed by atoms with E-state index in [4.69, 9.17) is 5.11 Å². The number of aromatic nitrogens is 3. The Balaban J connectivity index is 2.20. The van der Waals surface area contributed by atoms with Crippen LogP contribution in [0.25, 0.3) is 0 Å². The number of aromatic carboxylic acids is 1. The third-order valence-corrected chi connectivity index (χ3v) is 2.19. The van der Waals surface area contributed by atoms with Gasteiger partial charge in [-0.3, -0.25) is 4.98 Å². The summed E-state index contributed by atoms with van der Waals surface area (Å²) in [6, 6.07) is 4.81. The first-order valence-electron chi connectivity index (χ1n) is 4.91. The number of carbonyl (C=O) groups is 1. The van der Waals surface area contributed by atoms with Crippen molar-refractivity contribution in [1.29, 1.82) is 0 Å². The molecule has 0 unspecified atom stereocenters. The predicted octanol–water partition coefficient (Wildman–Crippen LogP) is 1.62. The fourth-order valence-electron chi connectivity index (χ4n) is 1.25. The molecule has 0 atom stereocenters. The molecule has 6 nitrogen and oxygen atoms in total. The van der Waals surface area contributed by atoms with Crippen molar-refractivity contribution >= 4 is 17.5 Å². The van der Waals surface area contributed by atoms with Gasteiger partial charge in [-0.25, -0.2) is 4.79 Å². The normalized spacial score (nSPS) is 9.94. The minimum absolute atomic E-state index is 0.0848. The fraction of sp³-hybridized carbons (Fsp3) is 0.0909. The number of hydrogen-bond acceptors (Lipinski definition) is 5. The first kappa shape index (κ1) is 11.0. The lowest BCUT2D eigenvalue weighted by Gasteiger charge is -2.06. The molecule has 0 aliphatic heterocycles. The van der Waals surface area contributed by atoms with Gasteiger partial charge < -0.3 is 10.4 Å². The van der Waals surface area contributed by atoms with Gasteiger partial charge in [-0.1, -0.05) is 0 Å². The van der Waals surface area contributed by atoms with Gasteiger partial charge in [0.25, 0.3) is 0 Å². The molecule has 17 heavy (non-hydrogen) atoms. The van der Waals surface area contributed by atoms with Crippen LogP contribution in [0.2, 0.25) is 0 Å². The molecule has 0 bridgehead atoms. The van der Waals surface area contributed by atoms with Crippen molar-refractivity contribution in [2.24, 2.45) is 0 Å². The Kier molecular flexibility index (Phi) is 2.95. The molecule has 0 spiro atoms. The van der Waals surface area contributed by atoms with E-state index < -0.39 is 5.97 Å². The Morgan fingerprint density at radius 3 is 2.71 bits per heavy atom. The van der Waals surface area contributed by atoms with Crippen LogP contribution >= 0.6 is 0 Å². The van der Waals surface area contributed by atoms with Gasteiger partial charge in [0.1, 0.15) is 0 Å². The van der Waals surface area contributed by atoms with Gasteiger partial charge in [0.2, 0.25) is 0 Å². The van der Waals surface area contributed by atoms with E-state index in [1.165, 1.54) is 6.07 Å². The smallest absolute Gasteiger partial charge is 0.356 e. The fourth-order valence-corrected chi connectivity index (χ4v) is 1.25. The SMILES string of the molecule is Cc1ccncc1Nc1ccc(C(=O)O)nn1. The average Bonchev–Trinajstić information content (AvgIpc) is 2.33. The zero-order valence-corrected chi connectivity index (χ0v) is 9.08. The molecule has 0 amide bonds. The van der Waals surface area contributed by atoms with Gasteiger partial charge in [-0.2, -0.15) is 0 Å². The number of carboxylic acid groups (broad SMARTS) is 1. The second kappa shape index (κ2) is 4.56. The number of pyridine rings is 1. The van der Waals surface area contributed by atoms with E-state index in [-0.39, 0.29) is 5.69 Å². The number of aryl methyl sites for hydroxylation is 1. The lowest BCUT2D eigenvalue weighted by molar-refractivity contribution is 0.0689. The van der Waals surface area contributed by atoms with E-state index >= 15 is 0 Å². The summed E-state index contributed by atoms with van der Waals surface area (Å²) in [5.41, 5.74) is 1.74. The van der Waals surface area contributed by atoms with Crippen LogP contribution < -0.4 is 5.32 Å². The molecule has 2 N–H and O–H groups in total. The summed E-state index contributed by atoms with van der Waals surface area (Å²) in [5, 5.41) is 19.0. The Morgan fingerprint density at radius 1 is 1.29 bits per heavy atom. The molecule has 2 aromatic rings. The summed E-state index contributed by atoms with van der Waals surface area (Å²) in [7, 11) is 0. The number of hydrogen-bond donors (Lipinski definition) is 2. The Labute approximate surface area is 97.4 Å². The molecule has 0 saturated carbocycles. The Hall–Kier alpha value is -2.50. The zero-order chi connectivity index (χ0) is 12.3. The molecule has 0 saturated heterocycles. The molecule has 0 aromatic carbocycles. The first-order chi connectivity index (χ1) is 8.16. The lowest BCUT2D eigenvalue weighted by Crippen LogP contribution is -2.04. The maximum atomic E-state index is 10.6. The number of nitrogens with zero attached hydrogens (tertiary/aromatic N) is 3. The molecule has 0 aliphatic rings. The number of anilines is 2. The quantitative estimate of drug-likeness (QED) is 0.833. The second-order valence-electron chi connectivity index (χ2n) is 3.42. The third-order valence-electron chi connectivity index (χ3n) is 2.19. The first-order valence-corrected chi connectivity index (χ1v) is 4.91. The van der Waals surface area contributed by atoms with E-state index in [0.29, 0.717) is 5.82 Å². The molecular formula is C11H10N4O2. The third kappa shape index (κ3) is 2.54. The molecule has 0 aliphatic carbocycles. The number of nitrogens with one attached hydrogen (secondary N) is 1. The predicted molar refractivity (Wildman–Crippen MR) is 61.2 cm³/mol. The molecule has 0 fully saturated rings. The van der Waals surface area contributed by atoms with Crippen molar-refractivity contribution in [3.8, 4) is 0 Å². The highest BCUT2D eigenvalue weighted by Gasteiger charge is 2.05. The zero-order valence-electron chi connectivity index (χ0n) is 9.08. The maximum Gasteiger partial charge on any atom is 0.356 e. The molecule has 6 heteroatoms. The number of rotatable bonds is 3. The van der Waals surface area contributed by atoms with Crippen LogP contribution in [0.1, 0.15) is 16.1 Å². The van der Waals surface area contributed by atoms with Crippen molar-refractivity contribution in [3.63, 3.8) is 0 Å². The van der Waals surface area contributed by atoms with Crippen LogP contribution in [0.15, 0.2) is 30.6 Å². The van der Waals surface area contributed by atoms with Crippen molar-refractivity contribution < 1.29 is 9.90 Å². The number of carboxylic acids is 1. The summed E-state index contributed by atoms with van der Waals surface area (Å²) in [5.74, 6) is -0.618. The van der Waals surface area contributed by atoms with Gasteiger partial charge in [0.05, 0.1) is 11.9 Å². The molecule has 86 valence electrons. The summed E-state index contributed by atoms with van der Waals surface area (Å²) in [6.45, 7) is 1.93. The summed E-state index contributed by atoms with van der Waals surface area (Å²) < 4.78 is 0. The van der Waals surface area contributed by atoms with Gasteiger partial charge >= 0.3 is 5.97 Å². The van der Waals surface area contributed by atoms with Crippen LogP contribution in [-0.2, 0) is 0 Å². The van der Waals surface area contributed by atoms with Crippen LogP contribution in [0.3, 0.4) is 0 Å². The summed E-state index contributed by atoms with van der Waals surface area (Å²) >= 11 is 0. The topological polar surface area (TPSA) is 88.0 Å². The highest BCUT2D eigenvalue weighted by molar-refractivity contribution is 5.85. The average molecular weight is 230 g/mol. The highest BCUT2D eigenvalue weighted by Crippen LogP contribution is 2.16. The standard InChI is InChI=1S/C11H10N4O2/c1-7-4-5-12-6-9(7)13-10-3-2-8(11(16)17)14-15-10/h2-6H,1H3,(H,13,15)(H,16,17). The maximum absolute atomic E-state index is 10.6. The second-order valence-corrected chi connectivity index (χ2v) is 3.42. The lowest BCUT2D eigenvalue weighted by atomic mass is 10.2. The summed E-state index contributed by atoms with van der Waals surface area (Å²) in [4.78, 5) is 14.6. The molecule has 0 radical (unpaired) electrons.